The van der Waals surface area contributed by atoms with Crippen molar-refractivity contribution in [1.29, 1.82) is 0 Å². The second-order valence-corrected chi connectivity index (χ2v) is 25.8. The number of carbonyl (C=O) groups is 1. The van der Waals surface area contributed by atoms with Gasteiger partial charge in [0.1, 0.15) is 34.5 Å². The molecule has 0 atom stereocenters. The number of aromatic amines is 2. The van der Waals surface area contributed by atoms with E-state index in [1.807, 2.05) is 146 Å². The molecular formula is C89H91N5O7. The monoisotopic (exact) mass is 1340 g/mol. The van der Waals surface area contributed by atoms with Crippen molar-refractivity contribution in [2.45, 2.75) is 67.7 Å². The largest absolute Gasteiger partial charge is 0.497 e. The molecule has 0 radical (unpaired) electrons. The van der Waals surface area contributed by atoms with Crippen molar-refractivity contribution in [3.05, 3.63) is 332 Å². The first-order valence-corrected chi connectivity index (χ1v) is 33.9. The normalized spacial score (nSPS) is 16.2. The predicted molar refractivity (Wildman–Crippen MR) is 418 cm³/mol. The van der Waals surface area contributed by atoms with Crippen LogP contribution in [-0.4, -0.2) is 76.5 Å². The maximum absolute atomic E-state index is 13.6. The van der Waals surface area contributed by atoms with Gasteiger partial charge in [-0.05, 0) is 201 Å². The zero-order valence-corrected chi connectivity index (χ0v) is 60.3. The number of anilines is 1. The molecule has 101 heavy (non-hydrogen) atoms. The average molecular weight is 1340 g/mol. The number of nitrogens with zero attached hydrogens (tertiary/aromatic N) is 2. The number of allylic oxidation sites excluding steroid dienone is 22. The van der Waals surface area contributed by atoms with E-state index in [-0.39, 0.29) is 11.3 Å². The molecule has 4 heterocycles. The molecule has 514 valence electrons. The van der Waals surface area contributed by atoms with Crippen molar-refractivity contribution in [3.8, 4) is 34.5 Å². The number of hydrogen-bond acceptors (Lipinski definition) is 9. The molecule has 5 aromatic carbocycles. The summed E-state index contributed by atoms with van der Waals surface area (Å²) in [7, 11) is 9.82. The number of benzene rings is 5. The summed E-state index contributed by atoms with van der Waals surface area (Å²) in [5, 5.41) is 4.67. The van der Waals surface area contributed by atoms with Gasteiger partial charge in [-0.1, -0.05) is 164 Å². The first-order chi connectivity index (χ1) is 48.8. The Hall–Kier alpha value is -11.6. The van der Waals surface area contributed by atoms with Gasteiger partial charge in [-0.3, -0.25) is 9.79 Å². The number of aromatic nitrogens is 2. The molecule has 2 aromatic heterocycles. The number of nitrogens with one attached hydrogen (secondary N) is 3. The van der Waals surface area contributed by atoms with E-state index in [1.165, 1.54) is 41.6 Å². The Bertz CT molecular complexity index is 4830. The third-order valence-electron chi connectivity index (χ3n) is 18.0. The van der Waals surface area contributed by atoms with Gasteiger partial charge in [-0.2, -0.15) is 0 Å². The predicted octanol–water partition coefficient (Wildman–Crippen LogP) is 19.1. The van der Waals surface area contributed by atoms with Crippen LogP contribution in [0, 0.1) is 5.41 Å². The fraction of sp³-hybridized carbons (Fsp3) is 0.202. The first kappa shape index (κ1) is 72.1. The minimum atomic E-state index is -0.213. The number of methoxy groups -OCH3 is 6. The van der Waals surface area contributed by atoms with Gasteiger partial charge in [0.25, 0.3) is 5.91 Å². The summed E-state index contributed by atoms with van der Waals surface area (Å²) in [6.45, 7) is 20.5. The maximum Gasteiger partial charge on any atom is 0.255 e. The molecule has 0 saturated heterocycles. The molecule has 1 amide bonds. The number of aliphatic imine (C=N–C) groups is 2. The maximum atomic E-state index is 13.6. The van der Waals surface area contributed by atoms with Gasteiger partial charge in [-0.25, -0.2) is 4.99 Å². The molecule has 10 rings (SSSR count). The van der Waals surface area contributed by atoms with Gasteiger partial charge < -0.3 is 43.7 Å². The Labute approximate surface area is 595 Å². The molecule has 3 aliphatic rings. The molecular weight excluding hydrogens is 1250 g/mol. The molecule has 3 N–H and O–H groups in total. The van der Waals surface area contributed by atoms with Gasteiger partial charge in [0.15, 0.2) is 0 Å². The average Bonchev–Trinajstić information content (AvgIpc) is 1.64. The van der Waals surface area contributed by atoms with Crippen LogP contribution in [0.15, 0.2) is 286 Å². The number of H-pyrrole nitrogens is 2. The van der Waals surface area contributed by atoms with Gasteiger partial charge in [0, 0.05) is 68.3 Å². The SMILES string of the molecule is C=C(c1ccc(NC(=O)c2ccc(/C=C/C(C)=C/C=C/C(C)=C/C=C/C=C(C)/C=C/C=C(C)/C=C/C3=C(C)CCCC3(C)C)cc2)cc1)c1ccc(/C(=C2/C=CC(C(/c3cc(OC)cc(OC)c3)=c3/cc/c(=C(/C4=NCC=C4)c4cc(OC)cc(OC)c4)[nH]3)=N2)c2cc(OC)cc(OC)c2)[nH]1. The van der Waals surface area contributed by atoms with E-state index in [0.29, 0.717) is 63.7 Å². The molecule has 2 aliphatic heterocycles. The lowest BCUT2D eigenvalue weighted by atomic mass is 9.72. The summed E-state index contributed by atoms with van der Waals surface area (Å²) in [5.41, 5.74) is 20.4. The van der Waals surface area contributed by atoms with Gasteiger partial charge in [-0.15, -0.1) is 0 Å². The molecule has 7 aromatic rings. The summed E-state index contributed by atoms with van der Waals surface area (Å²) in [6, 6.07) is 40.8. The van der Waals surface area contributed by atoms with E-state index in [2.05, 4.69) is 161 Å². The minimum Gasteiger partial charge on any atom is -0.497 e. The zero-order chi connectivity index (χ0) is 71.6. The summed E-state index contributed by atoms with van der Waals surface area (Å²) in [4.78, 5) is 31.4. The lowest BCUT2D eigenvalue weighted by Crippen LogP contribution is -2.21. The Morgan fingerprint density at radius 1 is 0.505 bits per heavy atom. The lowest BCUT2D eigenvalue weighted by molar-refractivity contribution is 0.102. The smallest absolute Gasteiger partial charge is 0.255 e. The fourth-order valence-electron chi connectivity index (χ4n) is 12.4. The van der Waals surface area contributed by atoms with Crippen molar-refractivity contribution < 1.29 is 33.2 Å². The molecule has 0 spiro atoms. The van der Waals surface area contributed by atoms with Gasteiger partial charge in [0.05, 0.1) is 66.3 Å². The van der Waals surface area contributed by atoms with Crippen LogP contribution in [0.25, 0.3) is 28.4 Å². The summed E-state index contributed by atoms with van der Waals surface area (Å²) in [5.74, 6) is 3.54. The standard InChI is InChI=1S/C89H91N5O7/c1-58(21-15-16-22-59(2)24-18-26-61(4)30-40-77-62(5)27-19-47-89(77,7)8)23-17-25-60(3)29-31-64-32-34-66(35-33-64)88(95)91-70-38-36-65(37-39-70)63(6)78-41-42-81(92-78)86(68-51-73(98-11)56-74(52-68)99-12)82-45-46-84(94-82)87(69-53-75(100-13)57-76(54-69)101-14)83-44-43-80(93-83)85(79-28-20-48-90-79)67-49-71(96-9)55-72(50-67)97-10/h15-18,20-26,28-46,49-57,92-93H,6,19,27,47-48H2,1-5,7-14H3,(H,91,95)/b16-15+,23-17+,24-18+,31-29+,40-30+,58-21+,59-22+,60-25+,61-26+,85-80-,86-82-,87-83-. The molecule has 0 fully saturated rings. The highest BCUT2D eigenvalue weighted by molar-refractivity contribution is 6.31. The van der Waals surface area contributed by atoms with Gasteiger partial charge in [0.2, 0.25) is 0 Å². The summed E-state index contributed by atoms with van der Waals surface area (Å²) < 4.78 is 34.8. The summed E-state index contributed by atoms with van der Waals surface area (Å²) in [6.07, 6.45) is 41.5. The van der Waals surface area contributed by atoms with Crippen molar-refractivity contribution in [2.24, 2.45) is 15.4 Å². The fourth-order valence-corrected chi connectivity index (χ4v) is 12.4. The minimum absolute atomic E-state index is 0.213. The Balaban J connectivity index is 0.830. The van der Waals surface area contributed by atoms with Crippen LogP contribution < -0.4 is 44.4 Å². The highest BCUT2D eigenvalue weighted by atomic mass is 16.5. The Morgan fingerprint density at radius 2 is 0.980 bits per heavy atom. The first-order valence-electron chi connectivity index (χ1n) is 33.9. The van der Waals surface area contributed by atoms with Crippen molar-refractivity contribution >= 4 is 51.4 Å². The number of hydrogen-bond donors (Lipinski definition) is 3. The molecule has 0 saturated carbocycles. The quantitative estimate of drug-likeness (QED) is 0.0459. The lowest BCUT2D eigenvalue weighted by Gasteiger charge is -2.32. The number of amides is 1. The van der Waals surface area contributed by atoms with Crippen molar-refractivity contribution in [1.82, 2.24) is 9.97 Å². The van der Waals surface area contributed by atoms with Gasteiger partial charge >= 0.3 is 0 Å². The van der Waals surface area contributed by atoms with Crippen molar-refractivity contribution in [3.63, 3.8) is 0 Å². The zero-order valence-electron chi connectivity index (χ0n) is 60.3. The van der Waals surface area contributed by atoms with E-state index >= 15 is 0 Å². The van der Waals surface area contributed by atoms with Crippen LogP contribution in [0.5, 0.6) is 34.5 Å². The molecule has 0 bridgehead atoms. The number of rotatable bonds is 26. The summed E-state index contributed by atoms with van der Waals surface area (Å²) >= 11 is 0. The van der Waals surface area contributed by atoms with E-state index < -0.39 is 0 Å². The van der Waals surface area contributed by atoms with E-state index in [4.69, 9.17) is 38.4 Å². The van der Waals surface area contributed by atoms with Crippen LogP contribution in [0.4, 0.5) is 5.69 Å². The van der Waals surface area contributed by atoms with Crippen LogP contribution in [0.1, 0.15) is 117 Å². The Morgan fingerprint density at radius 3 is 1.49 bits per heavy atom. The van der Waals surface area contributed by atoms with E-state index in [0.717, 1.165) is 89.1 Å². The van der Waals surface area contributed by atoms with Crippen LogP contribution in [-0.2, 0) is 0 Å². The van der Waals surface area contributed by atoms with Crippen LogP contribution in [0.3, 0.4) is 0 Å². The molecule has 12 nitrogen and oxygen atoms in total. The second-order valence-electron chi connectivity index (χ2n) is 25.8. The highest BCUT2D eigenvalue weighted by Crippen LogP contribution is 2.42. The highest BCUT2D eigenvalue weighted by Gasteiger charge is 2.27. The molecule has 0 unspecified atom stereocenters. The third kappa shape index (κ3) is 18.6. The van der Waals surface area contributed by atoms with Crippen LogP contribution >= 0.6 is 0 Å². The number of carbonyl (C=O) groups excluding carboxylic acids is 1. The third-order valence-corrected chi connectivity index (χ3v) is 18.0. The van der Waals surface area contributed by atoms with Crippen molar-refractivity contribution in [2.75, 3.05) is 54.5 Å². The molecule has 12 heteroatoms. The second kappa shape index (κ2) is 33.8. The topological polar surface area (TPSA) is 141 Å². The molecule has 1 aliphatic carbocycles. The number of ether oxygens (including phenoxy) is 6. The van der Waals surface area contributed by atoms with Crippen LogP contribution in [0.2, 0.25) is 0 Å². The van der Waals surface area contributed by atoms with E-state index in [1.54, 1.807) is 42.7 Å². The van der Waals surface area contributed by atoms with E-state index in [9.17, 15) is 4.79 Å². The Kier molecular flexibility index (Phi) is 24.1.